The molecule has 1 aliphatic heterocycles. The highest BCUT2D eigenvalue weighted by atomic mass is 79.9. The number of rotatable bonds is 4. The SMILES string of the molecule is CC(C)(NCc1cc(Br)cc2c1OCC2)C(N)=O. The number of halogens is 1. The number of primary amides is 1. The Balaban J connectivity index is 2.18. The lowest BCUT2D eigenvalue weighted by atomic mass is 10.0. The summed E-state index contributed by atoms with van der Waals surface area (Å²) in [5, 5.41) is 3.16. The van der Waals surface area contributed by atoms with Crippen LogP contribution in [0.25, 0.3) is 0 Å². The second-order valence-corrected chi connectivity index (χ2v) is 5.91. The molecule has 4 nitrogen and oxygen atoms in total. The van der Waals surface area contributed by atoms with Crippen LogP contribution in [-0.2, 0) is 17.8 Å². The molecule has 0 saturated carbocycles. The highest BCUT2D eigenvalue weighted by Gasteiger charge is 2.25. The summed E-state index contributed by atoms with van der Waals surface area (Å²) in [6, 6.07) is 4.08. The van der Waals surface area contributed by atoms with E-state index in [4.69, 9.17) is 10.5 Å². The molecule has 0 saturated heterocycles. The van der Waals surface area contributed by atoms with Crippen LogP contribution in [0, 0.1) is 0 Å². The minimum atomic E-state index is -0.728. The normalized spacial score (nSPS) is 14.2. The number of hydrogen-bond acceptors (Lipinski definition) is 3. The molecule has 0 fully saturated rings. The van der Waals surface area contributed by atoms with Crippen molar-refractivity contribution in [3.05, 3.63) is 27.7 Å². The number of nitrogens with one attached hydrogen (secondary N) is 1. The van der Waals surface area contributed by atoms with Gasteiger partial charge in [0.2, 0.25) is 5.91 Å². The van der Waals surface area contributed by atoms with Crippen LogP contribution in [0.2, 0.25) is 0 Å². The number of benzene rings is 1. The molecule has 18 heavy (non-hydrogen) atoms. The number of fused-ring (bicyclic) bond motifs is 1. The van der Waals surface area contributed by atoms with E-state index in [0.717, 1.165) is 28.8 Å². The van der Waals surface area contributed by atoms with E-state index >= 15 is 0 Å². The van der Waals surface area contributed by atoms with E-state index in [0.29, 0.717) is 6.54 Å². The molecule has 1 aromatic rings. The van der Waals surface area contributed by atoms with E-state index in [1.165, 1.54) is 5.56 Å². The highest BCUT2D eigenvalue weighted by molar-refractivity contribution is 9.10. The van der Waals surface area contributed by atoms with Gasteiger partial charge in [0.05, 0.1) is 12.1 Å². The Bertz CT molecular complexity index is 486. The number of nitrogens with two attached hydrogens (primary N) is 1. The lowest BCUT2D eigenvalue weighted by Gasteiger charge is -2.23. The molecule has 0 bridgehead atoms. The summed E-state index contributed by atoms with van der Waals surface area (Å²) in [4.78, 5) is 11.3. The van der Waals surface area contributed by atoms with E-state index < -0.39 is 5.54 Å². The zero-order chi connectivity index (χ0) is 13.3. The van der Waals surface area contributed by atoms with Crippen molar-refractivity contribution in [2.75, 3.05) is 6.61 Å². The van der Waals surface area contributed by atoms with E-state index in [1.54, 1.807) is 13.8 Å². The van der Waals surface area contributed by atoms with E-state index in [-0.39, 0.29) is 5.91 Å². The van der Waals surface area contributed by atoms with Crippen LogP contribution in [0.5, 0.6) is 5.75 Å². The van der Waals surface area contributed by atoms with Crippen molar-refractivity contribution in [3.63, 3.8) is 0 Å². The summed E-state index contributed by atoms with van der Waals surface area (Å²) in [6.07, 6.45) is 0.932. The van der Waals surface area contributed by atoms with Gasteiger partial charge in [0.15, 0.2) is 0 Å². The van der Waals surface area contributed by atoms with Gasteiger partial charge in [0.1, 0.15) is 5.75 Å². The molecule has 2 rings (SSSR count). The van der Waals surface area contributed by atoms with Gasteiger partial charge in [-0.15, -0.1) is 0 Å². The minimum absolute atomic E-state index is 0.366. The molecule has 0 unspecified atom stereocenters. The predicted octanol–water partition coefficient (Wildman–Crippen LogP) is 1.74. The molecule has 0 atom stereocenters. The zero-order valence-corrected chi connectivity index (χ0v) is 12.1. The van der Waals surface area contributed by atoms with Gasteiger partial charge in [0, 0.05) is 23.0 Å². The first-order valence-electron chi connectivity index (χ1n) is 5.89. The van der Waals surface area contributed by atoms with Crippen molar-refractivity contribution in [2.45, 2.75) is 32.4 Å². The molecule has 1 amide bonds. The van der Waals surface area contributed by atoms with Crippen LogP contribution >= 0.6 is 15.9 Å². The first-order chi connectivity index (χ1) is 8.40. The van der Waals surface area contributed by atoms with Gasteiger partial charge in [-0.3, -0.25) is 10.1 Å². The molecule has 0 aliphatic carbocycles. The van der Waals surface area contributed by atoms with Crippen molar-refractivity contribution in [3.8, 4) is 5.75 Å². The topological polar surface area (TPSA) is 64.3 Å². The average Bonchev–Trinajstić information content (AvgIpc) is 2.73. The van der Waals surface area contributed by atoms with Crippen molar-refractivity contribution in [1.29, 1.82) is 0 Å². The summed E-state index contributed by atoms with van der Waals surface area (Å²) >= 11 is 3.49. The third kappa shape index (κ3) is 2.67. The Morgan fingerprint density at radius 3 is 2.94 bits per heavy atom. The quantitative estimate of drug-likeness (QED) is 0.890. The Labute approximate surface area is 115 Å². The van der Waals surface area contributed by atoms with Gasteiger partial charge in [-0.1, -0.05) is 15.9 Å². The largest absolute Gasteiger partial charge is 0.493 e. The summed E-state index contributed by atoms with van der Waals surface area (Å²) in [5.41, 5.74) is 6.86. The number of ether oxygens (including phenoxy) is 1. The second-order valence-electron chi connectivity index (χ2n) is 4.99. The van der Waals surface area contributed by atoms with Crippen molar-refractivity contribution in [1.82, 2.24) is 5.32 Å². The van der Waals surface area contributed by atoms with Gasteiger partial charge in [-0.25, -0.2) is 0 Å². The minimum Gasteiger partial charge on any atom is -0.493 e. The molecule has 3 N–H and O–H groups in total. The molecular formula is C13H17BrN2O2. The fourth-order valence-corrected chi connectivity index (χ4v) is 2.43. The Kier molecular flexibility index (Phi) is 3.64. The first-order valence-corrected chi connectivity index (χ1v) is 6.68. The maximum absolute atomic E-state index is 11.3. The van der Waals surface area contributed by atoms with Crippen LogP contribution in [0.4, 0.5) is 0 Å². The second kappa shape index (κ2) is 4.90. The van der Waals surface area contributed by atoms with Gasteiger partial charge in [0.25, 0.3) is 0 Å². The summed E-state index contributed by atoms with van der Waals surface area (Å²) < 4.78 is 6.66. The third-order valence-electron chi connectivity index (χ3n) is 3.16. The molecule has 5 heteroatoms. The Morgan fingerprint density at radius 2 is 2.28 bits per heavy atom. The molecule has 0 aromatic heterocycles. The summed E-state index contributed by atoms with van der Waals surface area (Å²) in [6.45, 7) is 4.82. The standard InChI is InChI=1S/C13H17BrN2O2/c1-13(2,12(15)17)16-7-9-6-10(14)5-8-3-4-18-11(8)9/h5-6,16H,3-4,7H2,1-2H3,(H2,15,17). The van der Waals surface area contributed by atoms with Gasteiger partial charge >= 0.3 is 0 Å². The van der Waals surface area contributed by atoms with E-state index in [2.05, 4.69) is 27.3 Å². The molecule has 1 aliphatic rings. The first kappa shape index (κ1) is 13.4. The summed E-state index contributed by atoms with van der Waals surface area (Å²) in [5.74, 6) is 0.570. The Morgan fingerprint density at radius 1 is 1.56 bits per heavy atom. The van der Waals surface area contributed by atoms with E-state index in [9.17, 15) is 4.79 Å². The Hall–Kier alpha value is -1.07. The van der Waals surface area contributed by atoms with Crippen molar-refractivity contribution >= 4 is 21.8 Å². The molecule has 0 spiro atoms. The molecular weight excluding hydrogens is 296 g/mol. The predicted molar refractivity (Wildman–Crippen MR) is 73.5 cm³/mol. The van der Waals surface area contributed by atoms with Crippen LogP contribution in [0.1, 0.15) is 25.0 Å². The zero-order valence-electron chi connectivity index (χ0n) is 10.5. The van der Waals surface area contributed by atoms with Crippen LogP contribution < -0.4 is 15.8 Å². The van der Waals surface area contributed by atoms with Crippen molar-refractivity contribution in [2.24, 2.45) is 5.73 Å². The van der Waals surface area contributed by atoms with E-state index in [1.807, 2.05) is 6.07 Å². The maximum Gasteiger partial charge on any atom is 0.237 e. The number of amides is 1. The molecule has 0 radical (unpaired) electrons. The third-order valence-corrected chi connectivity index (χ3v) is 3.62. The van der Waals surface area contributed by atoms with Crippen LogP contribution in [0.15, 0.2) is 16.6 Å². The summed E-state index contributed by atoms with van der Waals surface area (Å²) in [7, 11) is 0. The van der Waals surface area contributed by atoms with Crippen LogP contribution in [-0.4, -0.2) is 18.1 Å². The van der Waals surface area contributed by atoms with Gasteiger partial charge in [-0.05, 0) is 31.5 Å². The molecule has 1 aromatic carbocycles. The smallest absolute Gasteiger partial charge is 0.237 e. The monoisotopic (exact) mass is 312 g/mol. The van der Waals surface area contributed by atoms with Gasteiger partial charge in [-0.2, -0.15) is 0 Å². The van der Waals surface area contributed by atoms with Crippen molar-refractivity contribution < 1.29 is 9.53 Å². The van der Waals surface area contributed by atoms with Crippen LogP contribution in [0.3, 0.4) is 0 Å². The number of carbonyl (C=O) groups is 1. The van der Waals surface area contributed by atoms with Gasteiger partial charge < -0.3 is 10.5 Å². The lowest BCUT2D eigenvalue weighted by Crippen LogP contribution is -2.50. The number of carbonyl (C=O) groups excluding carboxylic acids is 1. The highest BCUT2D eigenvalue weighted by Crippen LogP contribution is 2.33. The fourth-order valence-electron chi connectivity index (χ4n) is 1.88. The average molecular weight is 313 g/mol. The number of hydrogen-bond donors (Lipinski definition) is 2. The fraction of sp³-hybridized carbons (Fsp3) is 0.462. The lowest BCUT2D eigenvalue weighted by molar-refractivity contribution is -0.123. The maximum atomic E-state index is 11.3. The molecule has 1 heterocycles. The molecule has 98 valence electrons.